The summed E-state index contributed by atoms with van der Waals surface area (Å²) in [6, 6.07) is 19.3. The van der Waals surface area contributed by atoms with E-state index < -0.39 is 0 Å². The number of hydrogen-bond acceptors (Lipinski definition) is 9. The van der Waals surface area contributed by atoms with Gasteiger partial charge in [-0.25, -0.2) is 0 Å². The summed E-state index contributed by atoms with van der Waals surface area (Å²) in [6.45, 7) is 10.2. The smallest absolute Gasteiger partial charge is 0.261 e. The van der Waals surface area contributed by atoms with Crippen molar-refractivity contribution in [3.05, 3.63) is 82.9 Å². The minimum absolute atomic E-state index is 0.257. The third-order valence-electron chi connectivity index (χ3n) is 11.3. The first-order valence-corrected chi connectivity index (χ1v) is 18.6. The zero-order chi connectivity index (χ0) is 35.3. The largest absolute Gasteiger partial charge is 0.368 e. The van der Waals surface area contributed by atoms with Crippen LogP contribution in [0.3, 0.4) is 0 Å². The van der Waals surface area contributed by atoms with Crippen LogP contribution in [0.15, 0.2) is 60.7 Å². The average molecular weight is 700 g/mol. The standard InChI is InChI=1S/C40H43N8O4/c49-37-29-6-1-4-27-33(45-18-12-41-13-19-45)10-8-31(35(27)29)39(51)47(37)24-22-43-16-3-17-44(26-43)23-25-48-38(50)30-7-2-5-28-34(46-20-14-42-15-21-46)11-9-32(36(28)30)40(48)52/h1-2,4-11,26,41-42H,3,12-25H2/q+1. The molecule has 12 nitrogen and oxygen atoms in total. The zero-order valence-electron chi connectivity index (χ0n) is 29.3. The minimum atomic E-state index is -0.257. The first-order chi connectivity index (χ1) is 25.5. The molecule has 2 fully saturated rings. The van der Waals surface area contributed by atoms with Gasteiger partial charge in [-0.1, -0.05) is 24.3 Å². The molecule has 5 heterocycles. The molecule has 4 amide bonds. The molecule has 4 aromatic carbocycles. The highest BCUT2D eigenvalue weighted by molar-refractivity contribution is 6.28. The molecule has 0 aromatic heterocycles. The first kappa shape index (κ1) is 32.6. The Hall–Kier alpha value is -5.33. The quantitative estimate of drug-likeness (QED) is 0.212. The Morgan fingerprint density at radius 1 is 0.538 bits per heavy atom. The van der Waals surface area contributed by atoms with Gasteiger partial charge in [0, 0.05) is 114 Å². The zero-order valence-corrected chi connectivity index (χ0v) is 29.3. The SMILES string of the molecule is O=C1c2cccc3c(N4CCNCC4)ccc(c23)C(=O)N1CCN1C=[N+](CCN2C(=O)c3cccc4c(N5CCNCC5)ccc(c34)C2=O)CCC1. The number of anilines is 2. The number of carbonyl (C=O) groups excluding carboxylic acids is 4. The topological polar surface area (TPSA) is 112 Å². The Morgan fingerprint density at radius 3 is 1.54 bits per heavy atom. The van der Waals surface area contributed by atoms with Crippen molar-refractivity contribution in [2.24, 2.45) is 0 Å². The van der Waals surface area contributed by atoms with Gasteiger partial charge in [0.15, 0.2) is 0 Å². The van der Waals surface area contributed by atoms with Crippen LogP contribution in [-0.4, -0.2) is 141 Å². The molecule has 2 saturated heterocycles. The Bertz CT molecular complexity index is 2130. The third kappa shape index (κ3) is 5.48. The number of amides is 4. The highest BCUT2D eigenvalue weighted by Gasteiger charge is 2.36. The van der Waals surface area contributed by atoms with Gasteiger partial charge in [-0.3, -0.25) is 38.5 Å². The van der Waals surface area contributed by atoms with E-state index >= 15 is 0 Å². The van der Waals surface area contributed by atoms with E-state index in [1.165, 1.54) is 9.80 Å². The van der Waals surface area contributed by atoms with Crippen molar-refractivity contribution in [1.29, 1.82) is 0 Å². The Morgan fingerprint density at radius 2 is 1.02 bits per heavy atom. The number of rotatable bonds is 8. The summed E-state index contributed by atoms with van der Waals surface area (Å²) in [5.41, 5.74) is 4.41. The number of piperazine rings is 2. The van der Waals surface area contributed by atoms with Crippen LogP contribution < -0.4 is 20.4 Å². The second-order valence-electron chi connectivity index (χ2n) is 14.3. The molecule has 0 spiro atoms. The molecule has 12 heteroatoms. The maximum atomic E-state index is 13.8. The normalized spacial score (nSPS) is 19.3. The number of benzene rings is 4. The molecule has 0 saturated carbocycles. The van der Waals surface area contributed by atoms with Crippen molar-refractivity contribution < 1.29 is 23.8 Å². The molecule has 5 aliphatic heterocycles. The Labute approximate surface area is 302 Å². The number of carbonyl (C=O) groups is 4. The first-order valence-electron chi connectivity index (χ1n) is 18.6. The molecule has 0 bridgehead atoms. The van der Waals surface area contributed by atoms with Crippen molar-refractivity contribution in [3.8, 4) is 0 Å². The fraction of sp³-hybridized carbons (Fsp3) is 0.375. The van der Waals surface area contributed by atoms with E-state index in [1.807, 2.05) is 67.0 Å². The summed E-state index contributed by atoms with van der Waals surface area (Å²) in [5, 5.41) is 10.2. The highest BCUT2D eigenvalue weighted by atomic mass is 16.2. The van der Waals surface area contributed by atoms with E-state index in [1.54, 1.807) is 0 Å². The lowest BCUT2D eigenvalue weighted by Gasteiger charge is -2.33. The van der Waals surface area contributed by atoms with Crippen LogP contribution in [0.2, 0.25) is 0 Å². The van der Waals surface area contributed by atoms with E-state index in [0.717, 1.165) is 105 Å². The number of imide groups is 2. The summed E-state index contributed by atoms with van der Waals surface area (Å²) < 4.78 is 2.13. The van der Waals surface area contributed by atoms with Crippen LogP contribution in [0.5, 0.6) is 0 Å². The number of hydrogen-bond donors (Lipinski definition) is 2. The van der Waals surface area contributed by atoms with Crippen LogP contribution in [0, 0.1) is 0 Å². The second kappa shape index (κ2) is 13.3. The molecule has 4 aromatic rings. The van der Waals surface area contributed by atoms with E-state index in [4.69, 9.17) is 0 Å². The molecular weight excluding hydrogens is 656 g/mol. The molecule has 5 aliphatic rings. The van der Waals surface area contributed by atoms with Crippen molar-refractivity contribution in [3.63, 3.8) is 0 Å². The average Bonchev–Trinajstić information content (AvgIpc) is 3.19. The van der Waals surface area contributed by atoms with E-state index in [2.05, 4.69) is 29.9 Å². The summed E-state index contributed by atoms with van der Waals surface area (Å²) in [6.07, 6.45) is 2.90. The molecule has 52 heavy (non-hydrogen) atoms. The lowest BCUT2D eigenvalue weighted by atomic mass is 9.92. The highest BCUT2D eigenvalue weighted by Crippen LogP contribution is 2.37. The third-order valence-corrected chi connectivity index (χ3v) is 11.3. The number of nitrogens with zero attached hydrogens (tertiary/aromatic N) is 6. The maximum Gasteiger partial charge on any atom is 0.261 e. The predicted molar refractivity (Wildman–Crippen MR) is 201 cm³/mol. The predicted octanol–water partition coefficient (Wildman–Crippen LogP) is 2.45. The maximum absolute atomic E-state index is 13.8. The lowest BCUT2D eigenvalue weighted by molar-refractivity contribution is -0.532. The molecule has 0 aliphatic carbocycles. The van der Waals surface area contributed by atoms with Gasteiger partial charge in [0.2, 0.25) is 6.34 Å². The van der Waals surface area contributed by atoms with Crippen LogP contribution in [-0.2, 0) is 0 Å². The van der Waals surface area contributed by atoms with Crippen LogP contribution in [0.25, 0.3) is 21.5 Å². The molecule has 266 valence electrons. The number of nitrogens with one attached hydrogen (secondary N) is 2. The molecule has 0 unspecified atom stereocenters. The summed E-state index contributed by atoms with van der Waals surface area (Å²) in [7, 11) is 0. The van der Waals surface area contributed by atoms with E-state index in [9.17, 15) is 19.2 Å². The van der Waals surface area contributed by atoms with Crippen molar-refractivity contribution in [2.75, 3.05) is 101 Å². The van der Waals surface area contributed by atoms with Crippen LogP contribution in [0.4, 0.5) is 11.4 Å². The summed E-state index contributed by atoms with van der Waals surface area (Å²) in [5.74, 6) is -1.03. The van der Waals surface area contributed by atoms with Gasteiger partial charge < -0.3 is 20.4 Å². The van der Waals surface area contributed by atoms with Crippen molar-refractivity contribution >= 4 is 62.9 Å². The lowest BCUT2D eigenvalue weighted by Crippen LogP contribution is -2.48. The van der Waals surface area contributed by atoms with Gasteiger partial charge in [0.1, 0.15) is 13.1 Å². The van der Waals surface area contributed by atoms with Crippen LogP contribution in [0.1, 0.15) is 47.9 Å². The van der Waals surface area contributed by atoms with Gasteiger partial charge in [0.25, 0.3) is 23.6 Å². The van der Waals surface area contributed by atoms with Crippen molar-refractivity contribution in [2.45, 2.75) is 6.42 Å². The van der Waals surface area contributed by atoms with E-state index in [0.29, 0.717) is 35.3 Å². The molecule has 0 radical (unpaired) electrons. The van der Waals surface area contributed by atoms with Gasteiger partial charge in [0.05, 0.1) is 26.2 Å². The Balaban J connectivity index is 0.882. The van der Waals surface area contributed by atoms with Crippen LogP contribution >= 0.6 is 0 Å². The molecule has 9 rings (SSSR count). The van der Waals surface area contributed by atoms with Crippen molar-refractivity contribution in [1.82, 2.24) is 25.3 Å². The van der Waals surface area contributed by atoms with Gasteiger partial charge in [-0.05, 0) is 36.4 Å². The Kier molecular flexibility index (Phi) is 8.35. The van der Waals surface area contributed by atoms with Gasteiger partial charge >= 0.3 is 0 Å². The van der Waals surface area contributed by atoms with E-state index in [-0.39, 0.29) is 36.7 Å². The monoisotopic (exact) mass is 699 g/mol. The molecule has 0 atom stereocenters. The minimum Gasteiger partial charge on any atom is -0.368 e. The summed E-state index contributed by atoms with van der Waals surface area (Å²) in [4.78, 5) is 64.7. The van der Waals surface area contributed by atoms with Gasteiger partial charge in [-0.15, -0.1) is 0 Å². The molecule has 2 N–H and O–H groups in total. The summed E-state index contributed by atoms with van der Waals surface area (Å²) >= 11 is 0. The fourth-order valence-electron chi connectivity index (χ4n) is 8.65. The second-order valence-corrected chi connectivity index (χ2v) is 14.3. The molecular formula is C40H43N8O4+. The van der Waals surface area contributed by atoms with Gasteiger partial charge in [-0.2, -0.15) is 0 Å². The fourth-order valence-corrected chi connectivity index (χ4v) is 8.65.